The van der Waals surface area contributed by atoms with Crippen LogP contribution in [0.4, 0.5) is 4.39 Å². The van der Waals surface area contributed by atoms with Crippen LogP contribution in [0, 0.1) is 5.82 Å². The van der Waals surface area contributed by atoms with Crippen LogP contribution in [0.25, 0.3) is 0 Å². The molecule has 1 aliphatic rings. The first-order valence-electron chi connectivity index (χ1n) is 9.25. The van der Waals surface area contributed by atoms with Gasteiger partial charge in [-0.3, -0.25) is 4.79 Å². The number of rotatable bonds is 7. The predicted octanol–water partition coefficient (Wildman–Crippen LogP) is 4.22. The van der Waals surface area contributed by atoms with E-state index < -0.39 is 0 Å². The SMILES string of the molecule is O=C(NCCCN1CCCCC1)c1cccc(Oc2cccc(F)c2)c1. The average molecular weight is 356 g/mol. The zero-order valence-electron chi connectivity index (χ0n) is 14.9. The van der Waals surface area contributed by atoms with Crippen LogP contribution < -0.4 is 10.1 Å². The van der Waals surface area contributed by atoms with Gasteiger partial charge in [-0.15, -0.1) is 0 Å². The van der Waals surface area contributed by atoms with Crippen molar-refractivity contribution >= 4 is 5.91 Å². The number of piperidine rings is 1. The van der Waals surface area contributed by atoms with Crippen molar-refractivity contribution in [3.63, 3.8) is 0 Å². The molecule has 1 aliphatic heterocycles. The Balaban J connectivity index is 1.48. The highest BCUT2D eigenvalue weighted by Crippen LogP contribution is 2.22. The fourth-order valence-electron chi connectivity index (χ4n) is 3.16. The second-order valence-electron chi connectivity index (χ2n) is 6.60. The smallest absolute Gasteiger partial charge is 0.251 e. The van der Waals surface area contributed by atoms with E-state index in [-0.39, 0.29) is 11.7 Å². The van der Waals surface area contributed by atoms with E-state index in [1.807, 2.05) is 0 Å². The van der Waals surface area contributed by atoms with E-state index in [1.165, 1.54) is 44.5 Å². The molecule has 1 amide bonds. The molecule has 1 N–H and O–H groups in total. The van der Waals surface area contributed by atoms with Gasteiger partial charge in [0, 0.05) is 18.2 Å². The molecule has 2 aromatic rings. The molecule has 3 rings (SSSR count). The maximum Gasteiger partial charge on any atom is 0.251 e. The second-order valence-corrected chi connectivity index (χ2v) is 6.60. The van der Waals surface area contributed by atoms with E-state index >= 15 is 0 Å². The third-order valence-corrected chi connectivity index (χ3v) is 4.51. The average Bonchev–Trinajstić information content (AvgIpc) is 2.66. The lowest BCUT2D eigenvalue weighted by Crippen LogP contribution is -2.33. The van der Waals surface area contributed by atoms with Crippen molar-refractivity contribution in [3.8, 4) is 11.5 Å². The van der Waals surface area contributed by atoms with E-state index in [9.17, 15) is 9.18 Å². The lowest BCUT2D eigenvalue weighted by molar-refractivity contribution is 0.0950. The number of ether oxygens (including phenoxy) is 1. The Morgan fingerprint density at radius 1 is 1.04 bits per heavy atom. The van der Waals surface area contributed by atoms with Crippen LogP contribution in [-0.4, -0.2) is 37.0 Å². The van der Waals surface area contributed by atoms with Crippen molar-refractivity contribution in [1.29, 1.82) is 0 Å². The van der Waals surface area contributed by atoms with Crippen LogP contribution in [-0.2, 0) is 0 Å². The van der Waals surface area contributed by atoms with E-state index in [0.29, 0.717) is 23.6 Å². The number of amides is 1. The highest BCUT2D eigenvalue weighted by atomic mass is 19.1. The number of hydrogen-bond donors (Lipinski definition) is 1. The first kappa shape index (κ1) is 18.4. The first-order valence-corrected chi connectivity index (χ1v) is 9.25. The number of hydrogen-bond acceptors (Lipinski definition) is 3. The highest BCUT2D eigenvalue weighted by molar-refractivity contribution is 5.94. The predicted molar refractivity (Wildman–Crippen MR) is 100 cm³/mol. The molecular weight excluding hydrogens is 331 g/mol. The number of halogens is 1. The minimum atomic E-state index is -0.356. The Morgan fingerprint density at radius 2 is 1.77 bits per heavy atom. The number of likely N-dealkylation sites (tertiary alicyclic amines) is 1. The van der Waals surface area contributed by atoms with Crippen molar-refractivity contribution in [2.45, 2.75) is 25.7 Å². The van der Waals surface area contributed by atoms with Crippen LogP contribution >= 0.6 is 0 Å². The Labute approximate surface area is 154 Å². The summed E-state index contributed by atoms with van der Waals surface area (Å²) in [7, 11) is 0. The van der Waals surface area contributed by atoms with E-state index in [1.54, 1.807) is 36.4 Å². The Kier molecular flexibility index (Phi) is 6.61. The molecule has 2 aromatic carbocycles. The first-order chi connectivity index (χ1) is 12.7. The van der Waals surface area contributed by atoms with Gasteiger partial charge >= 0.3 is 0 Å². The summed E-state index contributed by atoms with van der Waals surface area (Å²) in [4.78, 5) is 14.8. The van der Waals surface area contributed by atoms with Gasteiger partial charge in [0.2, 0.25) is 0 Å². The number of nitrogens with one attached hydrogen (secondary N) is 1. The van der Waals surface area contributed by atoms with Crippen LogP contribution in [0.5, 0.6) is 11.5 Å². The molecular formula is C21H25FN2O2. The molecule has 138 valence electrons. The second kappa shape index (κ2) is 9.34. The van der Waals surface area contributed by atoms with Gasteiger partial charge in [-0.05, 0) is 69.2 Å². The lowest BCUT2D eigenvalue weighted by Gasteiger charge is -2.26. The van der Waals surface area contributed by atoms with Gasteiger partial charge in [0.15, 0.2) is 0 Å². The molecule has 0 aromatic heterocycles. The third-order valence-electron chi connectivity index (χ3n) is 4.51. The molecule has 0 aliphatic carbocycles. The minimum absolute atomic E-state index is 0.117. The summed E-state index contributed by atoms with van der Waals surface area (Å²) in [6.07, 6.45) is 4.85. The zero-order valence-corrected chi connectivity index (χ0v) is 14.9. The van der Waals surface area contributed by atoms with E-state index in [2.05, 4.69) is 10.2 Å². The molecule has 0 spiro atoms. The summed E-state index contributed by atoms with van der Waals surface area (Å²) < 4.78 is 18.9. The summed E-state index contributed by atoms with van der Waals surface area (Å²) in [5.74, 6) is 0.444. The monoisotopic (exact) mass is 356 g/mol. The minimum Gasteiger partial charge on any atom is -0.457 e. The molecule has 5 heteroatoms. The molecule has 1 fully saturated rings. The van der Waals surface area contributed by atoms with Crippen LogP contribution in [0.1, 0.15) is 36.0 Å². The van der Waals surface area contributed by atoms with Gasteiger partial charge in [-0.1, -0.05) is 18.6 Å². The molecule has 0 atom stereocenters. The van der Waals surface area contributed by atoms with Crippen LogP contribution in [0.2, 0.25) is 0 Å². The normalized spacial score (nSPS) is 14.8. The van der Waals surface area contributed by atoms with E-state index in [4.69, 9.17) is 4.74 Å². The number of carbonyl (C=O) groups is 1. The molecule has 4 nitrogen and oxygen atoms in total. The summed E-state index contributed by atoms with van der Waals surface area (Å²) in [6, 6.07) is 12.9. The number of carbonyl (C=O) groups excluding carboxylic acids is 1. The van der Waals surface area contributed by atoms with Gasteiger partial charge in [-0.2, -0.15) is 0 Å². The quantitative estimate of drug-likeness (QED) is 0.755. The fraction of sp³-hybridized carbons (Fsp3) is 0.381. The van der Waals surface area contributed by atoms with E-state index in [0.717, 1.165) is 13.0 Å². The lowest BCUT2D eigenvalue weighted by atomic mass is 10.1. The Hall–Kier alpha value is -2.40. The summed E-state index contributed by atoms with van der Waals surface area (Å²) in [6.45, 7) is 4.04. The highest BCUT2D eigenvalue weighted by Gasteiger charge is 2.10. The summed E-state index contributed by atoms with van der Waals surface area (Å²) >= 11 is 0. The van der Waals surface area contributed by atoms with Crippen molar-refractivity contribution in [2.24, 2.45) is 0 Å². The maximum atomic E-state index is 13.2. The molecule has 0 bridgehead atoms. The maximum absolute atomic E-state index is 13.2. The topological polar surface area (TPSA) is 41.6 Å². The van der Waals surface area contributed by atoms with Crippen molar-refractivity contribution in [3.05, 3.63) is 59.9 Å². The molecule has 1 heterocycles. The van der Waals surface area contributed by atoms with Crippen molar-refractivity contribution < 1.29 is 13.9 Å². The van der Waals surface area contributed by atoms with Gasteiger partial charge < -0.3 is 15.0 Å². The van der Waals surface area contributed by atoms with Crippen LogP contribution in [0.15, 0.2) is 48.5 Å². The fourth-order valence-corrected chi connectivity index (χ4v) is 3.16. The molecule has 1 saturated heterocycles. The van der Waals surface area contributed by atoms with Crippen LogP contribution in [0.3, 0.4) is 0 Å². The number of benzene rings is 2. The summed E-state index contributed by atoms with van der Waals surface area (Å²) in [5, 5.41) is 2.96. The Morgan fingerprint density at radius 3 is 2.54 bits per heavy atom. The van der Waals surface area contributed by atoms with Gasteiger partial charge in [0.05, 0.1) is 0 Å². The molecule has 26 heavy (non-hydrogen) atoms. The largest absolute Gasteiger partial charge is 0.457 e. The summed E-state index contributed by atoms with van der Waals surface area (Å²) in [5.41, 5.74) is 0.539. The van der Waals surface area contributed by atoms with Gasteiger partial charge in [0.25, 0.3) is 5.91 Å². The molecule has 0 unspecified atom stereocenters. The molecule has 0 saturated carbocycles. The van der Waals surface area contributed by atoms with Crippen molar-refractivity contribution in [1.82, 2.24) is 10.2 Å². The third kappa shape index (κ3) is 5.56. The zero-order chi connectivity index (χ0) is 18.2. The Bertz CT molecular complexity index is 729. The standard InChI is InChI=1S/C21H25FN2O2/c22-18-8-5-10-20(16-18)26-19-9-4-7-17(15-19)21(25)23-11-6-14-24-12-2-1-3-13-24/h4-5,7-10,15-16H,1-3,6,11-14H2,(H,23,25). The van der Waals surface area contributed by atoms with Gasteiger partial charge in [-0.25, -0.2) is 4.39 Å². The molecule has 0 radical (unpaired) electrons. The number of nitrogens with zero attached hydrogens (tertiary/aromatic N) is 1. The van der Waals surface area contributed by atoms with Crippen molar-refractivity contribution in [2.75, 3.05) is 26.2 Å². The van der Waals surface area contributed by atoms with Gasteiger partial charge in [0.1, 0.15) is 17.3 Å².